The number of rotatable bonds is 28. The van der Waals surface area contributed by atoms with Crippen LogP contribution in [0.2, 0.25) is 0 Å². The van der Waals surface area contributed by atoms with Crippen molar-refractivity contribution < 1.29 is 57.8 Å². The molecule has 0 heterocycles. The lowest BCUT2D eigenvalue weighted by atomic mass is 9.87. The quantitative estimate of drug-likeness (QED) is 0.0316. The first-order chi connectivity index (χ1) is 25.5. The minimum atomic E-state index is -2.92. The maximum atomic E-state index is 13.7. The van der Waals surface area contributed by atoms with E-state index in [0.717, 1.165) is 0 Å². The molecule has 0 bridgehead atoms. The summed E-state index contributed by atoms with van der Waals surface area (Å²) in [7, 11) is 0. The summed E-state index contributed by atoms with van der Waals surface area (Å²) in [6.45, 7) is -1.02. The zero-order chi connectivity index (χ0) is 38.9. The molecule has 2 atom stereocenters. The van der Waals surface area contributed by atoms with Gasteiger partial charge in [-0.25, -0.2) is 0 Å². The van der Waals surface area contributed by atoms with E-state index in [1.54, 1.807) is 31.2 Å². The Morgan fingerprint density at radius 2 is 1.28 bits per heavy atom. The number of hydrogen-bond acceptors (Lipinski definition) is 13. The van der Waals surface area contributed by atoms with Gasteiger partial charge in [0.15, 0.2) is 0 Å². The molecular weight excluding hydrogens is 733 g/mol. The van der Waals surface area contributed by atoms with Gasteiger partial charge in [-0.3, -0.25) is 28.6 Å². The third-order valence-corrected chi connectivity index (χ3v) is 10.8. The first-order valence-corrected chi connectivity index (χ1v) is 21.0. The van der Waals surface area contributed by atoms with Crippen LogP contribution >= 0.6 is 18.8 Å². The van der Waals surface area contributed by atoms with E-state index in [1.165, 1.54) is 4.90 Å². The number of hydrogen-bond donors (Lipinski definition) is 8. The third-order valence-electron chi connectivity index (χ3n) is 8.24. The second-order valence-corrected chi connectivity index (χ2v) is 16.3. The van der Waals surface area contributed by atoms with E-state index in [1.807, 2.05) is 0 Å². The van der Waals surface area contributed by atoms with E-state index >= 15 is 0 Å². The predicted octanol–water partition coefficient (Wildman–Crippen LogP) is -0.0683. The molecule has 17 nitrogen and oxygen atoms in total. The zero-order valence-electron chi connectivity index (χ0n) is 30.5. The van der Waals surface area contributed by atoms with Crippen LogP contribution in [0.4, 0.5) is 5.69 Å². The van der Waals surface area contributed by atoms with Crippen LogP contribution in [-0.4, -0.2) is 154 Å². The zero-order valence-corrected chi connectivity index (χ0v) is 32.3. The molecule has 19 heteroatoms. The summed E-state index contributed by atoms with van der Waals surface area (Å²) in [6.07, 6.45) is 2.67. The van der Waals surface area contributed by atoms with Crippen molar-refractivity contribution in [2.75, 3.05) is 104 Å². The molecule has 1 fully saturated rings. The van der Waals surface area contributed by atoms with Crippen LogP contribution in [0.3, 0.4) is 0 Å². The number of anilines is 1. The van der Waals surface area contributed by atoms with E-state index in [2.05, 4.69) is 33.5 Å². The molecule has 53 heavy (non-hydrogen) atoms. The van der Waals surface area contributed by atoms with Crippen LogP contribution in [0.15, 0.2) is 24.3 Å². The molecule has 1 aliphatic rings. The molecule has 1 saturated carbocycles. The lowest BCUT2D eigenvalue weighted by Gasteiger charge is -2.30. The van der Waals surface area contributed by atoms with Gasteiger partial charge < -0.3 is 55.3 Å². The molecule has 0 radical (unpaired) electrons. The van der Waals surface area contributed by atoms with Gasteiger partial charge in [0.25, 0.3) is 6.57 Å². The van der Waals surface area contributed by atoms with Crippen molar-refractivity contribution in [3.8, 4) is 0 Å². The van der Waals surface area contributed by atoms with Crippen molar-refractivity contribution in [2.24, 2.45) is 5.92 Å². The standard InChI is InChI=1S/C34H58N5O12PS/c1-2-52(47,53)51-29-9-5-27(6-10-29)33(45)38-28-7-3-26(4-8-28)23-30(34(46)37-13-19-50-22-16-42)39(24-31(43)35-11-17-48-20-14-40)25-32(44)36-12-18-49-21-15-41/h3-4,7-8,27,29-30,40-42H,2,5-6,9-25H2,1H3,(H,35,43)(H,36,44)(H,37,46)(H,38,45)(H,47,53). The summed E-state index contributed by atoms with van der Waals surface area (Å²) < 4.78 is 33.6. The van der Waals surface area contributed by atoms with Crippen LogP contribution in [0, 0.1) is 5.92 Å². The summed E-state index contributed by atoms with van der Waals surface area (Å²) in [6, 6.07) is 5.98. The van der Waals surface area contributed by atoms with Gasteiger partial charge in [0, 0.05) is 37.4 Å². The third kappa shape index (κ3) is 20.0. The van der Waals surface area contributed by atoms with E-state index < -0.39 is 30.3 Å². The molecule has 1 aromatic carbocycles. The summed E-state index contributed by atoms with van der Waals surface area (Å²) >= 11 is 4.13. The van der Waals surface area contributed by atoms with Gasteiger partial charge >= 0.3 is 0 Å². The van der Waals surface area contributed by atoms with Gasteiger partial charge in [-0.1, -0.05) is 31.3 Å². The molecular formula is C34H58N5O12PS. The highest BCUT2D eigenvalue weighted by Gasteiger charge is 2.31. The first-order valence-electron chi connectivity index (χ1n) is 18.0. The lowest BCUT2D eigenvalue weighted by Crippen LogP contribution is -2.54. The average molecular weight is 792 g/mol. The number of benzene rings is 1. The number of nitrogens with one attached hydrogen (secondary N) is 4. The molecule has 1 aliphatic carbocycles. The largest absolute Gasteiger partial charge is 0.394 e. The Balaban J connectivity index is 2.16. The Labute approximate surface area is 316 Å². The van der Waals surface area contributed by atoms with Crippen LogP contribution in [0.1, 0.15) is 38.2 Å². The van der Waals surface area contributed by atoms with Crippen molar-refractivity contribution in [3.63, 3.8) is 0 Å². The Kier molecular flexibility index (Phi) is 23.7. The van der Waals surface area contributed by atoms with Gasteiger partial charge in [-0.05, 0) is 49.8 Å². The Morgan fingerprint density at radius 3 is 1.75 bits per heavy atom. The van der Waals surface area contributed by atoms with Crippen LogP contribution in [-0.2, 0) is 48.9 Å². The minimum absolute atomic E-state index is 0.104. The van der Waals surface area contributed by atoms with E-state index in [9.17, 15) is 23.7 Å². The highest BCUT2D eigenvalue weighted by molar-refractivity contribution is 8.46. The fourth-order valence-electron chi connectivity index (χ4n) is 5.46. The highest BCUT2D eigenvalue weighted by atomic mass is 32.7. The van der Waals surface area contributed by atoms with Gasteiger partial charge in [-0.2, -0.15) is 0 Å². The molecule has 2 unspecified atom stereocenters. The van der Waals surface area contributed by atoms with E-state index in [-0.39, 0.29) is 117 Å². The van der Waals surface area contributed by atoms with Crippen LogP contribution < -0.4 is 21.3 Å². The molecule has 4 amide bonds. The topological polar surface area (TPSA) is 234 Å². The molecule has 0 aromatic heterocycles. The van der Waals surface area contributed by atoms with Gasteiger partial charge in [0.05, 0.1) is 84.7 Å². The number of carbonyl (C=O) groups is 4. The lowest BCUT2D eigenvalue weighted by molar-refractivity contribution is -0.131. The Morgan fingerprint density at radius 1 is 0.792 bits per heavy atom. The van der Waals surface area contributed by atoms with Crippen molar-refractivity contribution in [3.05, 3.63) is 29.8 Å². The normalized spacial score (nSPS) is 17.5. The average Bonchev–Trinajstić information content (AvgIpc) is 3.14. The smallest absolute Gasteiger partial charge is 0.254 e. The first kappa shape index (κ1) is 46.5. The summed E-state index contributed by atoms with van der Waals surface area (Å²) in [5.41, 5.74) is 1.26. The summed E-state index contributed by atoms with van der Waals surface area (Å²) in [5, 5.41) is 37.9. The highest BCUT2D eigenvalue weighted by Crippen LogP contribution is 2.53. The summed E-state index contributed by atoms with van der Waals surface area (Å²) in [4.78, 5) is 54.2. The van der Waals surface area contributed by atoms with Gasteiger partial charge in [0.2, 0.25) is 23.6 Å². The van der Waals surface area contributed by atoms with Gasteiger partial charge in [-0.15, -0.1) is 0 Å². The van der Waals surface area contributed by atoms with Gasteiger partial charge in [0.1, 0.15) is 0 Å². The Hall–Kier alpha value is -2.64. The second-order valence-electron chi connectivity index (χ2n) is 12.3. The van der Waals surface area contributed by atoms with E-state index in [4.69, 9.17) is 34.1 Å². The van der Waals surface area contributed by atoms with Crippen LogP contribution in [0.25, 0.3) is 0 Å². The maximum absolute atomic E-state index is 13.7. The molecule has 7 N–H and O–H groups in total. The fraction of sp³-hybridized carbons (Fsp3) is 0.706. The number of carbonyl (C=O) groups excluding carboxylic acids is 4. The fourth-order valence-corrected chi connectivity index (χ4v) is 6.69. The number of aliphatic hydroxyl groups excluding tert-OH is 3. The molecule has 0 saturated heterocycles. The molecule has 0 spiro atoms. The number of thiol groups is 1. The monoisotopic (exact) mass is 791 g/mol. The molecule has 0 aliphatic heterocycles. The number of amides is 4. The number of nitrogens with zero attached hydrogens (tertiary/aromatic N) is 1. The van der Waals surface area contributed by atoms with Crippen LogP contribution in [0.5, 0.6) is 0 Å². The molecule has 2 rings (SSSR count). The molecule has 302 valence electrons. The SMILES string of the molecule is CCP(=O)(S)OC1CCC(C(=O)Nc2ccc(CC(C(=O)NCCOCCO)N(CC(=O)NCCOCCO)CC(=O)NCCOCCO)cc2)CC1. The summed E-state index contributed by atoms with van der Waals surface area (Å²) in [5.74, 6) is -1.72. The van der Waals surface area contributed by atoms with Crippen molar-refractivity contribution in [1.82, 2.24) is 20.9 Å². The minimum Gasteiger partial charge on any atom is -0.394 e. The predicted molar refractivity (Wildman–Crippen MR) is 201 cm³/mol. The molecule has 1 aromatic rings. The Bertz CT molecular complexity index is 1240. The maximum Gasteiger partial charge on any atom is 0.254 e. The van der Waals surface area contributed by atoms with Crippen molar-refractivity contribution in [2.45, 2.75) is 51.2 Å². The van der Waals surface area contributed by atoms with Crippen molar-refractivity contribution >= 4 is 48.1 Å². The van der Waals surface area contributed by atoms with Crippen molar-refractivity contribution in [1.29, 1.82) is 0 Å². The second kappa shape index (κ2) is 27.0. The number of aliphatic hydroxyl groups is 3. The van der Waals surface area contributed by atoms with E-state index in [0.29, 0.717) is 43.1 Å². The number of ether oxygens (including phenoxy) is 3.